The third-order valence-corrected chi connectivity index (χ3v) is 5.20. The van der Waals surface area contributed by atoms with E-state index in [1.54, 1.807) is 20.8 Å². The third-order valence-electron chi connectivity index (χ3n) is 4.41. The topological polar surface area (TPSA) is 6.48 Å². The van der Waals surface area contributed by atoms with Gasteiger partial charge in [0, 0.05) is 36.5 Å². The zero-order valence-electron chi connectivity index (χ0n) is 13.7. The lowest BCUT2D eigenvalue weighted by atomic mass is 9.86. The van der Waals surface area contributed by atoms with E-state index in [9.17, 15) is 22.0 Å². The highest BCUT2D eigenvalue weighted by Crippen LogP contribution is 2.44. The summed E-state index contributed by atoms with van der Waals surface area (Å²) in [5.41, 5.74) is -0.845. The molecule has 0 saturated heterocycles. The molecule has 2 aliphatic rings. The lowest BCUT2D eigenvalue weighted by molar-refractivity contribution is -0.216. The molecule has 3 unspecified atom stereocenters. The van der Waals surface area contributed by atoms with Gasteiger partial charge in [0.05, 0.1) is 0 Å². The Kier molecular flexibility index (Phi) is 5.29. The molecule has 24 heavy (non-hydrogen) atoms. The minimum Gasteiger partial charge on any atom is -0.347 e. The number of hydrogen-bond acceptors (Lipinski definition) is 2. The number of alkyl halides is 6. The van der Waals surface area contributed by atoms with Crippen LogP contribution in [0.3, 0.4) is 0 Å². The maximum absolute atomic E-state index is 13.6. The van der Waals surface area contributed by atoms with Gasteiger partial charge in [-0.1, -0.05) is 11.6 Å². The highest BCUT2D eigenvalue weighted by Gasteiger charge is 2.54. The van der Waals surface area contributed by atoms with Gasteiger partial charge in [-0.3, -0.25) is 0 Å². The molecule has 1 saturated carbocycles. The molecule has 140 valence electrons. The molecule has 0 aromatic rings. The van der Waals surface area contributed by atoms with Crippen LogP contribution in [0.15, 0.2) is 11.4 Å². The molecule has 1 heterocycles. The number of halogens is 7. The molecule has 0 radical (unpaired) electrons. The summed E-state index contributed by atoms with van der Waals surface area (Å²) in [6, 6.07) is 0. The Morgan fingerprint density at radius 3 is 2.29 bits per heavy atom. The number of hydrogen-bond donors (Lipinski definition) is 0. The van der Waals surface area contributed by atoms with Crippen molar-refractivity contribution in [1.29, 1.82) is 0 Å². The van der Waals surface area contributed by atoms with E-state index in [-0.39, 0.29) is 24.5 Å². The molecule has 0 amide bonds. The Bertz CT molecular complexity index is 501. The SMILES string of the molecule is CC(C)(C)N1C(Cl)=CN(CC2CCC(F)(F)CC2Cl)C1C(F)(F)F. The molecular weight excluding hydrogens is 374 g/mol. The summed E-state index contributed by atoms with van der Waals surface area (Å²) >= 11 is 12.1. The zero-order valence-corrected chi connectivity index (χ0v) is 15.2. The second-order valence-corrected chi connectivity index (χ2v) is 8.43. The fourth-order valence-corrected chi connectivity index (χ4v) is 4.22. The zero-order chi connectivity index (χ0) is 18.5. The van der Waals surface area contributed by atoms with Crippen molar-refractivity contribution in [3.8, 4) is 0 Å². The van der Waals surface area contributed by atoms with Gasteiger partial charge in [0.1, 0.15) is 5.16 Å². The maximum Gasteiger partial charge on any atom is 0.427 e. The van der Waals surface area contributed by atoms with E-state index in [0.29, 0.717) is 0 Å². The Labute approximate surface area is 148 Å². The lowest BCUT2D eigenvalue weighted by Crippen LogP contribution is -2.57. The fraction of sp³-hybridized carbons (Fsp3) is 0.867. The number of rotatable bonds is 2. The predicted octanol–water partition coefficient (Wildman–Crippen LogP) is 5.37. The molecule has 9 heteroatoms. The summed E-state index contributed by atoms with van der Waals surface area (Å²) in [5, 5.41) is -0.879. The van der Waals surface area contributed by atoms with E-state index in [1.165, 1.54) is 6.20 Å². The predicted molar refractivity (Wildman–Crippen MR) is 84.0 cm³/mol. The quantitative estimate of drug-likeness (QED) is 0.352. The van der Waals surface area contributed by atoms with Crippen LogP contribution in [-0.2, 0) is 0 Å². The van der Waals surface area contributed by atoms with Crippen LogP contribution in [0.1, 0.15) is 40.0 Å². The Morgan fingerprint density at radius 2 is 1.83 bits per heavy atom. The molecule has 1 fully saturated rings. The van der Waals surface area contributed by atoms with Crippen molar-refractivity contribution in [1.82, 2.24) is 9.80 Å². The van der Waals surface area contributed by atoms with Crippen LogP contribution in [0.25, 0.3) is 0 Å². The Hall–Kier alpha value is -0.430. The van der Waals surface area contributed by atoms with Crippen molar-refractivity contribution in [2.24, 2.45) is 5.92 Å². The lowest BCUT2D eigenvalue weighted by Gasteiger charge is -2.43. The van der Waals surface area contributed by atoms with Crippen molar-refractivity contribution in [2.75, 3.05) is 6.54 Å². The summed E-state index contributed by atoms with van der Waals surface area (Å²) in [4.78, 5) is 2.17. The largest absolute Gasteiger partial charge is 0.427 e. The highest BCUT2D eigenvalue weighted by molar-refractivity contribution is 6.29. The van der Waals surface area contributed by atoms with Gasteiger partial charge in [-0.25, -0.2) is 8.78 Å². The summed E-state index contributed by atoms with van der Waals surface area (Å²) in [6.07, 6.45) is -6.00. The van der Waals surface area contributed by atoms with Gasteiger partial charge in [-0.15, -0.1) is 11.6 Å². The van der Waals surface area contributed by atoms with E-state index in [4.69, 9.17) is 23.2 Å². The molecule has 0 bridgehead atoms. The average molecular weight is 395 g/mol. The van der Waals surface area contributed by atoms with Crippen LogP contribution in [0.5, 0.6) is 0 Å². The van der Waals surface area contributed by atoms with Crippen LogP contribution < -0.4 is 0 Å². The third kappa shape index (κ3) is 4.21. The van der Waals surface area contributed by atoms with Gasteiger partial charge in [0.2, 0.25) is 12.1 Å². The monoisotopic (exact) mass is 394 g/mol. The van der Waals surface area contributed by atoms with Gasteiger partial charge < -0.3 is 9.80 Å². The van der Waals surface area contributed by atoms with Crippen molar-refractivity contribution in [2.45, 2.75) is 69.2 Å². The van der Waals surface area contributed by atoms with Gasteiger partial charge in [0.15, 0.2) is 0 Å². The fourth-order valence-electron chi connectivity index (χ4n) is 3.32. The van der Waals surface area contributed by atoms with E-state index in [2.05, 4.69) is 0 Å². The first-order valence-corrected chi connectivity index (χ1v) is 8.55. The minimum atomic E-state index is -4.54. The van der Waals surface area contributed by atoms with Crippen LogP contribution in [0, 0.1) is 5.92 Å². The molecule has 2 rings (SSSR count). The molecule has 2 nitrogen and oxygen atoms in total. The first kappa shape index (κ1) is 19.9. The average Bonchev–Trinajstić information content (AvgIpc) is 2.68. The van der Waals surface area contributed by atoms with Crippen LogP contribution >= 0.6 is 23.2 Å². The minimum absolute atomic E-state index is 0.0166. The summed E-state index contributed by atoms with van der Waals surface area (Å²) < 4.78 is 67.6. The molecule has 1 aliphatic carbocycles. The second-order valence-electron chi connectivity index (χ2n) is 7.48. The van der Waals surface area contributed by atoms with Crippen molar-refractivity contribution < 1.29 is 22.0 Å². The maximum atomic E-state index is 13.6. The first-order chi connectivity index (χ1) is 10.7. The number of nitrogens with zero attached hydrogens (tertiary/aromatic N) is 2. The summed E-state index contributed by atoms with van der Waals surface area (Å²) in [7, 11) is 0. The van der Waals surface area contributed by atoms with E-state index in [1.807, 2.05) is 0 Å². The van der Waals surface area contributed by atoms with E-state index >= 15 is 0 Å². The molecule has 3 atom stereocenters. The molecule has 0 N–H and O–H groups in total. The molecule has 0 spiro atoms. The van der Waals surface area contributed by atoms with E-state index in [0.717, 1.165) is 9.80 Å². The molecule has 1 aliphatic heterocycles. The molecule has 0 aromatic heterocycles. The van der Waals surface area contributed by atoms with Crippen molar-refractivity contribution >= 4 is 23.2 Å². The Morgan fingerprint density at radius 1 is 1.25 bits per heavy atom. The molecular formula is C15H21Cl2F5N2. The smallest absolute Gasteiger partial charge is 0.347 e. The van der Waals surface area contributed by atoms with Crippen LogP contribution in [0.4, 0.5) is 22.0 Å². The van der Waals surface area contributed by atoms with Gasteiger partial charge in [-0.2, -0.15) is 13.2 Å². The second kappa shape index (κ2) is 6.38. The van der Waals surface area contributed by atoms with Crippen molar-refractivity contribution in [3.63, 3.8) is 0 Å². The summed E-state index contributed by atoms with van der Waals surface area (Å²) in [5.74, 6) is -3.29. The normalized spacial score (nSPS) is 31.4. The van der Waals surface area contributed by atoms with Crippen LogP contribution in [-0.4, -0.2) is 45.5 Å². The molecule has 0 aromatic carbocycles. The van der Waals surface area contributed by atoms with Gasteiger partial charge in [-0.05, 0) is 33.1 Å². The summed E-state index contributed by atoms with van der Waals surface area (Å²) in [6.45, 7) is 4.85. The van der Waals surface area contributed by atoms with Gasteiger partial charge >= 0.3 is 6.18 Å². The van der Waals surface area contributed by atoms with Gasteiger partial charge in [0.25, 0.3) is 0 Å². The Balaban J connectivity index is 2.20. The standard InChI is InChI=1S/C15H21Cl2F5N2/c1-13(2,3)24-11(17)8-23(12(24)15(20,21)22)7-9-4-5-14(18,19)6-10(9)16/h8-10,12H,4-7H2,1-3H3. The van der Waals surface area contributed by atoms with E-state index < -0.39 is 41.5 Å². The highest BCUT2D eigenvalue weighted by atomic mass is 35.5. The first-order valence-electron chi connectivity index (χ1n) is 7.73. The van der Waals surface area contributed by atoms with Crippen molar-refractivity contribution in [3.05, 3.63) is 11.4 Å². The van der Waals surface area contributed by atoms with Crippen LogP contribution in [0.2, 0.25) is 0 Å².